The van der Waals surface area contributed by atoms with Crippen molar-refractivity contribution in [1.82, 2.24) is 9.80 Å². The molecule has 2 saturated heterocycles. The van der Waals surface area contributed by atoms with Gasteiger partial charge in [0, 0.05) is 44.2 Å². The minimum absolute atomic E-state index is 0.279. The van der Waals surface area contributed by atoms with E-state index in [1.807, 2.05) is 0 Å². The topological polar surface area (TPSA) is 26.7 Å². The first-order valence-corrected chi connectivity index (χ1v) is 6.89. The van der Waals surface area contributed by atoms with Gasteiger partial charge in [0.05, 0.1) is 0 Å². The third-order valence-corrected chi connectivity index (χ3v) is 4.98. The minimum atomic E-state index is 0.279. The van der Waals surface area contributed by atoms with E-state index in [9.17, 15) is 5.11 Å². The van der Waals surface area contributed by atoms with Gasteiger partial charge in [-0.25, -0.2) is 0 Å². The zero-order chi connectivity index (χ0) is 11.0. The molecule has 1 atom stereocenters. The first-order chi connectivity index (χ1) is 7.81. The van der Waals surface area contributed by atoms with Crippen molar-refractivity contribution in [2.75, 3.05) is 39.3 Å². The Bertz CT molecular complexity index is 247. The smallest absolute Gasteiger partial charge is 0.0499 e. The van der Waals surface area contributed by atoms with Gasteiger partial charge in [0.25, 0.3) is 0 Å². The summed E-state index contributed by atoms with van der Waals surface area (Å²) in [5, 5.41) is 9.52. The Morgan fingerprint density at radius 3 is 2.69 bits per heavy atom. The maximum Gasteiger partial charge on any atom is 0.0499 e. The fraction of sp³-hybridized carbons (Fsp3) is 1.00. The van der Waals surface area contributed by atoms with Crippen molar-refractivity contribution >= 4 is 0 Å². The third-order valence-electron chi connectivity index (χ3n) is 4.98. The van der Waals surface area contributed by atoms with Gasteiger partial charge in [-0.2, -0.15) is 0 Å². The largest absolute Gasteiger partial charge is 0.396 e. The summed E-state index contributed by atoms with van der Waals surface area (Å²) in [6.07, 6.45) is 6.60. The van der Waals surface area contributed by atoms with Crippen LogP contribution in [0.1, 0.15) is 32.1 Å². The lowest BCUT2D eigenvalue weighted by molar-refractivity contribution is -0.0123. The zero-order valence-electron chi connectivity index (χ0n) is 10.2. The summed E-state index contributed by atoms with van der Waals surface area (Å²) in [4.78, 5) is 5.27. The molecule has 1 unspecified atom stereocenters. The number of hydrogen-bond acceptors (Lipinski definition) is 3. The Labute approximate surface area is 98.4 Å². The number of fused-ring (bicyclic) bond motifs is 1. The van der Waals surface area contributed by atoms with E-state index in [1.54, 1.807) is 0 Å². The Morgan fingerprint density at radius 2 is 2.00 bits per heavy atom. The Balaban J connectivity index is 1.56. The Kier molecular flexibility index (Phi) is 2.94. The molecule has 1 aliphatic carbocycles. The quantitative estimate of drug-likeness (QED) is 0.772. The second-order valence-electron chi connectivity index (χ2n) is 6.08. The highest BCUT2D eigenvalue weighted by atomic mass is 16.3. The molecule has 0 bridgehead atoms. The van der Waals surface area contributed by atoms with Crippen LogP contribution < -0.4 is 0 Å². The first-order valence-electron chi connectivity index (χ1n) is 6.89. The summed E-state index contributed by atoms with van der Waals surface area (Å²) < 4.78 is 0. The van der Waals surface area contributed by atoms with Crippen molar-refractivity contribution < 1.29 is 5.11 Å². The summed E-state index contributed by atoms with van der Waals surface area (Å²) in [5.74, 6) is 0. The maximum absolute atomic E-state index is 9.52. The van der Waals surface area contributed by atoms with Crippen molar-refractivity contribution in [3.63, 3.8) is 0 Å². The molecule has 3 fully saturated rings. The molecule has 0 radical (unpaired) electrons. The number of piperazine rings is 1. The van der Waals surface area contributed by atoms with Gasteiger partial charge in [-0.1, -0.05) is 6.42 Å². The summed E-state index contributed by atoms with van der Waals surface area (Å²) >= 11 is 0. The third kappa shape index (κ3) is 1.89. The predicted octanol–water partition coefficient (Wildman–Crippen LogP) is 0.929. The lowest BCUT2D eigenvalue weighted by Crippen LogP contribution is -2.54. The highest BCUT2D eigenvalue weighted by Crippen LogP contribution is 2.41. The van der Waals surface area contributed by atoms with Crippen molar-refractivity contribution in [2.24, 2.45) is 5.41 Å². The molecule has 0 aromatic heterocycles. The molecule has 0 spiro atoms. The van der Waals surface area contributed by atoms with E-state index >= 15 is 0 Å². The van der Waals surface area contributed by atoms with Gasteiger partial charge >= 0.3 is 0 Å². The minimum Gasteiger partial charge on any atom is -0.396 e. The molecule has 0 aromatic carbocycles. The fourth-order valence-corrected chi connectivity index (χ4v) is 3.72. The van der Waals surface area contributed by atoms with Crippen molar-refractivity contribution in [3.8, 4) is 0 Å². The van der Waals surface area contributed by atoms with Crippen LogP contribution in [0.3, 0.4) is 0 Å². The monoisotopic (exact) mass is 224 g/mol. The van der Waals surface area contributed by atoms with Crippen LogP contribution in [0.4, 0.5) is 0 Å². The average Bonchev–Trinajstić information content (AvgIpc) is 2.70. The number of aliphatic hydroxyl groups excluding tert-OH is 1. The summed E-state index contributed by atoms with van der Waals surface area (Å²) in [6.45, 7) is 6.60. The summed E-state index contributed by atoms with van der Waals surface area (Å²) in [5.41, 5.74) is 0.279. The Hall–Kier alpha value is -0.120. The lowest BCUT2D eigenvalue weighted by Gasteiger charge is -2.47. The van der Waals surface area contributed by atoms with Gasteiger partial charge in [-0.3, -0.25) is 9.80 Å². The molecular weight excluding hydrogens is 200 g/mol. The lowest BCUT2D eigenvalue weighted by atomic mass is 9.69. The van der Waals surface area contributed by atoms with Crippen LogP contribution >= 0.6 is 0 Å². The Morgan fingerprint density at radius 1 is 1.12 bits per heavy atom. The van der Waals surface area contributed by atoms with Crippen LogP contribution in [0.15, 0.2) is 0 Å². The first kappa shape index (κ1) is 11.0. The van der Waals surface area contributed by atoms with Crippen molar-refractivity contribution in [1.29, 1.82) is 0 Å². The van der Waals surface area contributed by atoms with Crippen LogP contribution in [-0.4, -0.2) is 60.3 Å². The van der Waals surface area contributed by atoms with Gasteiger partial charge in [0.15, 0.2) is 0 Å². The molecule has 1 N–H and O–H groups in total. The van der Waals surface area contributed by atoms with E-state index in [0.29, 0.717) is 6.61 Å². The highest BCUT2D eigenvalue weighted by molar-refractivity contribution is 4.93. The standard InChI is InChI=1S/C13H24N2O/c16-11-13(4-2-5-13)10-14-7-8-15-6-1-3-12(15)9-14/h12,16H,1-11H2. The number of hydrogen-bond donors (Lipinski definition) is 1. The molecule has 16 heavy (non-hydrogen) atoms. The van der Waals surface area contributed by atoms with Gasteiger partial charge in [-0.05, 0) is 32.2 Å². The normalized spacial score (nSPS) is 34.7. The molecule has 1 saturated carbocycles. The molecule has 92 valence electrons. The van der Waals surface area contributed by atoms with E-state index in [0.717, 1.165) is 12.6 Å². The van der Waals surface area contributed by atoms with Crippen molar-refractivity contribution in [3.05, 3.63) is 0 Å². The van der Waals surface area contributed by atoms with Gasteiger partial charge in [-0.15, -0.1) is 0 Å². The van der Waals surface area contributed by atoms with Crippen LogP contribution in [0.5, 0.6) is 0 Å². The average molecular weight is 224 g/mol. The van der Waals surface area contributed by atoms with E-state index in [-0.39, 0.29) is 5.41 Å². The van der Waals surface area contributed by atoms with Crippen LogP contribution in [-0.2, 0) is 0 Å². The van der Waals surface area contributed by atoms with Crippen LogP contribution in [0, 0.1) is 5.41 Å². The van der Waals surface area contributed by atoms with E-state index in [2.05, 4.69) is 9.80 Å². The fourth-order valence-electron chi connectivity index (χ4n) is 3.72. The SMILES string of the molecule is OCC1(CN2CCN3CCCC3C2)CCC1. The van der Waals surface area contributed by atoms with Gasteiger partial charge in [0.1, 0.15) is 0 Å². The predicted molar refractivity (Wildman–Crippen MR) is 64.4 cm³/mol. The number of aliphatic hydroxyl groups is 1. The molecule has 3 nitrogen and oxygen atoms in total. The molecule has 3 rings (SSSR count). The molecular formula is C13H24N2O. The zero-order valence-corrected chi connectivity index (χ0v) is 10.2. The number of nitrogens with zero attached hydrogens (tertiary/aromatic N) is 2. The van der Waals surface area contributed by atoms with Crippen molar-refractivity contribution in [2.45, 2.75) is 38.1 Å². The maximum atomic E-state index is 9.52. The highest BCUT2D eigenvalue weighted by Gasteiger charge is 2.40. The van der Waals surface area contributed by atoms with E-state index in [4.69, 9.17) is 0 Å². The molecule has 2 aliphatic heterocycles. The summed E-state index contributed by atoms with van der Waals surface area (Å²) in [7, 11) is 0. The summed E-state index contributed by atoms with van der Waals surface area (Å²) in [6, 6.07) is 0.824. The van der Waals surface area contributed by atoms with Crippen LogP contribution in [0.25, 0.3) is 0 Å². The molecule has 3 heteroatoms. The molecule has 3 aliphatic rings. The molecule has 0 aromatic rings. The van der Waals surface area contributed by atoms with E-state index < -0.39 is 0 Å². The van der Waals surface area contributed by atoms with Gasteiger partial charge in [0.2, 0.25) is 0 Å². The molecule has 2 heterocycles. The van der Waals surface area contributed by atoms with Gasteiger partial charge < -0.3 is 5.11 Å². The van der Waals surface area contributed by atoms with Crippen LogP contribution in [0.2, 0.25) is 0 Å². The number of rotatable bonds is 3. The molecule has 0 amide bonds. The second-order valence-corrected chi connectivity index (χ2v) is 6.08. The second kappa shape index (κ2) is 4.28. The van der Waals surface area contributed by atoms with E-state index in [1.165, 1.54) is 58.3 Å².